The Morgan fingerprint density at radius 3 is 2.76 bits per heavy atom. The molecule has 1 saturated heterocycles. The molecule has 2 N–H and O–H groups in total. The van der Waals surface area contributed by atoms with Crippen molar-refractivity contribution in [3.05, 3.63) is 53.9 Å². The summed E-state index contributed by atoms with van der Waals surface area (Å²) in [4.78, 5) is 43.7. The molecule has 1 atom stereocenters. The van der Waals surface area contributed by atoms with E-state index in [0.717, 1.165) is 30.3 Å². The zero-order valence-electron chi connectivity index (χ0n) is 18.5. The van der Waals surface area contributed by atoms with Crippen LogP contribution in [0, 0.1) is 0 Å². The standard InChI is InChI=1S/C24H27N5O3S/c1-3-20(30)26-21-12-11-19(33-21)23(32)27-24-25-17-9-5-6-10-18(17)29(24)16-8-7-14-28(15-13-16)22(31)4-2/h4-6,9-12,16H,2-3,7-8,13-15H2,1H3,(H,26,30)(H,25,27,32)/t16-/m1/s1. The minimum absolute atomic E-state index is 0.0525. The first-order valence-corrected chi connectivity index (χ1v) is 11.9. The van der Waals surface area contributed by atoms with Gasteiger partial charge in [0.25, 0.3) is 5.91 Å². The molecule has 1 aromatic carbocycles. The Morgan fingerprint density at radius 1 is 1.15 bits per heavy atom. The summed E-state index contributed by atoms with van der Waals surface area (Å²) in [6.07, 6.45) is 4.22. The Bertz CT molecular complexity index is 1200. The lowest BCUT2D eigenvalue weighted by atomic mass is 10.1. The Hall–Kier alpha value is -3.46. The molecule has 9 heteroatoms. The molecule has 0 spiro atoms. The fourth-order valence-electron chi connectivity index (χ4n) is 4.10. The van der Waals surface area contributed by atoms with Crippen molar-refractivity contribution in [2.75, 3.05) is 23.7 Å². The summed E-state index contributed by atoms with van der Waals surface area (Å²) in [5.41, 5.74) is 1.75. The monoisotopic (exact) mass is 465 g/mol. The molecule has 0 bridgehead atoms. The second-order valence-corrected chi connectivity index (χ2v) is 9.01. The highest BCUT2D eigenvalue weighted by atomic mass is 32.1. The first-order valence-electron chi connectivity index (χ1n) is 11.1. The maximum atomic E-state index is 13.0. The molecule has 3 heterocycles. The molecule has 8 nitrogen and oxygen atoms in total. The molecule has 0 aliphatic carbocycles. The fraction of sp³-hybridized carbons (Fsp3) is 0.333. The highest BCUT2D eigenvalue weighted by Gasteiger charge is 2.25. The largest absolute Gasteiger partial charge is 0.339 e. The van der Waals surface area contributed by atoms with E-state index in [-0.39, 0.29) is 23.8 Å². The van der Waals surface area contributed by atoms with Crippen LogP contribution < -0.4 is 10.6 Å². The molecule has 1 aliphatic heterocycles. The fourth-order valence-corrected chi connectivity index (χ4v) is 4.92. The predicted octanol–water partition coefficient (Wildman–Crippen LogP) is 4.44. The number of carbonyl (C=O) groups is 3. The van der Waals surface area contributed by atoms with Crippen LogP contribution in [-0.2, 0) is 9.59 Å². The van der Waals surface area contributed by atoms with Gasteiger partial charge in [0.15, 0.2) is 0 Å². The summed E-state index contributed by atoms with van der Waals surface area (Å²) in [5.74, 6) is 0.0687. The Balaban J connectivity index is 1.59. The van der Waals surface area contributed by atoms with Gasteiger partial charge in [-0.25, -0.2) is 4.98 Å². The number of amides is 3. The molecule has 33 heavy (non-hydrogen) atoms. The number of rotatable bonds is 6. The van der Waals surface area contributed by atoms with Crippen molar-refractivity contribution in [3.8, 4) is 0 Å². The van der Waals surface area contributed by atoms with Gasteiger partial charge in [-0.2, -0.15) is 0 Å². The number of nitrogens with one attached hydrogen (secondary N) is 2. The van der Waals surface area contributed by atoms with Crippen LogP contribution in [0.3, 0.4) is 0 Å². The van der Waals surface area contributed by atoms with Gasteiger partial charge in [-0.15, -0.1) is 11.3 Å². The number of fused-ring (bicyclic) bond motifs is 1. The van der Waals surface area contributed by atoms with Gasteiger partial charge in [-0.1, -0.05) is 25.6 Å². The van der Waals surface area contributed by atoms with Gasteiger partial charge >= 0.3 is 0 Å². The highest BCUT2D eigenvalue weighted by Crippen LogP contribution is 2.32. The quantitative estimate of drug-likeness (QED) is 0.526. The van der Waals surface area contributed by atoms with Crippen LogP contribution in [0.5, 0.6) is 0 Å². The summed E-state index contributed by atoms with van der Waals surface area (Å²) in [6, 6.07) is 11.3. The van der Waals surface area contributed by atoms with Gasteiger partial charge in [0.1, 0.15) is 0 Å². The summed E-state index contributed by atoms with van der Waals surface area (Å²) in [6.45, 7) is 6.69. The normalized spacial score (nSPS) is 16.3. The maximum absolute atomic E-state index is 13.0. The molecule has 0 saturated carbocycles. The van der Waals surface area contributed by atoms with Crippen molar-refractivity contribution in [2.24, 2.45) is 0 Å². The van der Waals surface area contributed by atoms with Gasteiger partial charge in [0.2, 0.25) is 17.8 Å². The Labute approximate surface area is 196 Å². The maximum Gasteiger partial charge on any atom is 0.268 e. The number of benzene rings is 1. The molecule has 2 aromatic heterocycles. The van der Waals surface area contributed by atoms with E-state index in [9.17, 15) is 14.4 Å². The van der Waals surface area contributed by atoms with Crippen molar-refractivity contribution in [1.29, 1.82) is 0 Å². The zero-order chi connectivity index (χ0) is 23.4. The smallest absolute Gasteiger partial charge is 0.268 e. The second-order valence-electron chi connectivity index (χ2n) is 7.93. The first kappa shape index (κ1) is 22.7. The summed E-state index contributed by atoms with van der Waals surface area (Å²) in [7, 11) is 0. The third-order valence-corrected chi connectivity index (χ3v) is 6.78. The molecule has 1 fully saturated rings. The minimum atomic E-state index is -0.273. The van der Waals surface area contributed by atoms with Gasteiger partial charge in [0, 0.05) is 25.6 Å². The number of carbonyl (C=O) groups excluding carboxylic acids is 3. The molecule has 1 aliphatic rings. The van der Waals surface area contributed by atoms with Gasteiger partial charge < -0.3 is 14.8 Å². The van der Waals surface area contributed by atoms with E-state index in [1.165, 1.54) is 17.4 Å². The second kappa shape index (κ2) is 9.99. The van der Waals surface area contributed by atoms with Crippen molar-refractivity contribution in [1.82, 2.24) is 14.5 Å². The molecule has 3 aromatic rings. The van der Waals surface area contributed by atoms with Crippen LogP contribution in [0.25, 0.3) is 11.0 Å². The van der Waals surface area contributed by atoms with E-state index in [1.54, 1.807) is 19.1 Å². The first-order chi connectivity index (χ1) is 16.0. The lowest BCUT2D eigenvalue weighted by Crippen LogP contribution is -2.30. The van der Waals surface area contributed by atoms with Crippen LogP contribution >= 0.6 is 11.3 Å². The number of aromatic nitrogens is 2. The van der Waals surface area contributed by atoms with Crippen molar-refractivity contribution < 1.29 is 14.4 Å². The summed E-state index contributed by atoms with van der Waals surface area (Å²) < 4.78 is 2.09. The molecule has 0 radical (unpaired) electrons. The van der Waals surface area contributed by atoms with Crippen LogP contribution in [0.2, 0.25) is 0 Å². The predicted molar refractivity (Wildman–Crippen MR) is 131 cm³/mol. The summed E-state index contributed by atoms with van der Waals surface area (Å²) >= 11 is 1.23. The SMILES string of the molecule is C=CC(=O)N1CCC[C@@H](n2c(NC(=O)c3ccc(NC(=O)CC)s3)nc3ccccc32)CC1. The summed E-state index contributed by atoms with van der Waals surface area (Å²) in [5, 5.41) is 6.39. The van der Waals surface area contributed by atoms with Gasteiger partial charge in [0.05, 0.1) is 20.9 Å². The molecule has 4 rings (SSSR count). The Kier molecular flexibility index (Phi) is 6.88. The average molecular weight is 466 g/mol. The van der Waals surface area contributed by atoms with Gasteiger partial charge in [-0.3, -0.25) is 19.7 Å². The number of hydrogen-bond acceptors (Lipinski definition) is 5. The van der Waals surface area contributed by atoms with Crippen LogP contribution in [0.1, 0.15) is 48.3 Å². The van der Waals surface area contributed by atoms with E-state index < -0.39 is 0 Å². The van der Waals surface area contributed by atoms with E-state index in [1.807, 2.05) is 29.2 Å². The van der Waals surface area contributed by atoms with Crippen LogP contribution in [-0.4, -0.2) is 45.3 Å². The highest BCUT2D eigenvalue weighted by molar-refractivity contribution is 7.18. The van der Waals surface area contributed by atoms with Crippen molar-refractivity contribution in [3.63, 3.8) is 0 Å². The zero-order valence-corrected chi connectivity index (χ0v) is 19.4. The number of para-hydroxylation sites is 2. The van der Waals surface area contributed by atoms with Crippen LogP contribution in [0.4, 0.5) is 10.9 Å². The third-order valence-electron chi connectivity index (χ3n) is 5.78. The van der Waals surface area contributed by atoms with Gasteiger partial charge in [-0.05, 0) is 49.6 Å². The molecule has 0 unspecified atom stereocenters. The number of imidazole rings is 1. The number of likely N-dealkylation sites (tertiary alicyclic amines) is 1. The topological polar surface area (TPSA) is 96.3 Å². The lowest BCUT2D eigenvalue weighted by molar-refractivity contribution is -0.126. The van der Waals surface area contributed by atoms with E-state index in [2.05, 4.69) is 21.8 Å². The van der Waals surface area contributed by atoms with Crippen molar-refractivity contribution >= 4 is 51.0 Å². The average Bonchev–Trinajstić information content (AvgIpc) is 3.35. The molecular weight excluding hydrogens is 438 g/mol. The number of nitrogens with zero attached hydrogens (tertiary/aromatic N) is 3. The van der Waals surface area contributed by atoms with E-state index in [4.69, 9.17) is 4.98 Å². The van der Waals surface area contributed by atoms with E-state index in [0.29, 0.717) is 35.3 Å². The minimum Gasteiger partial charge on any atom is -0.339 e. The number of anilines is 2. The number of hydrogen-bond donors (Lipinski definition) is 2. The molecule has 172 valence electrons. The molecule has 3 amide bonds. The van der Waals surface area contributed by atoms with Crippen molar-refractivity contribution in [2.45, 2.75) is 38.6 Å². The number of thiophene rings is 1. The lowest BCUT2D eigenvalue weighted by Gasteiger charge is -2.21. The third kappa shape index (κ3) is 4.98. The van der Waals surface area contributed by atoms with Crippen LogP contribution in [0.15, 0.2) is 49.1 Å². The van der Waals surface area contributed by atoms with E-state index >= 15 is 0 Å². The molecular formula is C24H27N5O3S. The Morgan fingerprint density at radius 2 is 1.97 bits per heavy atom.